The zero-order valence-electron chi connectivity index (χ0n) is 13.2. The van der Waals surface area contributed by atoms with E-state index in [2.05, 4.69) is 60.8 Å². The molecule has 2 unspecified atom stereocenters. The molecule has 0 amide bonds. The first-order valence-corrected chi connectivity index (χ1v) is 7.03. The van der Waals surface area contributed by atoms with Crippen LogP contribution in [0.2, 0.25) is 0 Å². The molecule has 0 radical (unpaired) electrons. The Morgan fingerprint density at radius 1 is 0.889 bits per heavy atom. The standard InChI is InChI=1S/C17H27N/c1-9-10(2)12(4)15-14(11(9)3)16(18-8)13(5)17(15,6)7/h13,16,18H,1-8H3. The summed E-state index contributed by atoms with van der Waals surface area (Å²) in [7, 11) is 2.09. The van der Waals surface area contributed by atoms with Crippen molar-refractivity contribution in [3.8, 4) is 0 Å². The van der Waals surface area contributed by atoms with Gasteiger partial charge in [0.15, 0.2) is 0 Å². The van der Waals surface area contributed by atoms with Crippen molar-refractivity contribution in [1.29, 1.82) is 0 Å². The Morgan fingerprint density at radius 3 is 1.89 bits per heavy atom. The highest BCUT2D eigenvalue weighted by molar-refractivity contribution is 5.57. The lowest BCUT2D eigenvalue weighted by atomic mass is 9.76. The Hall–Kier alpha value is -0.820. The SMILES string of the molecule is CNC1c2c(C)c(C)c(C)c(C)c2C(C)(C)C1C. The lowest BCUT2D eigenvalue weighted by Gasteiger charge is -2.29. The lowest BCUT2D eigenvalue weighted by molar-refractivity contribution is 0.307. The molecule has 0 bridgehead atoms. The van der Waals surface area contributed by atoms with Gasteiger partial charge in [0, 0.05) is 6.04 Å². The van der Waals surface area contributed by atoms with Crippen molar-refractivity contribution >= 4 is 0 Å². The molecular formula is C17H27N. The zero-order chi connectivity index (χ0) is 13.8. The van der Waals surface area contributed by atoms with E-state index in [-0.39, 0.29) is 5.41 Å². The molecule has 0 aliphatic heterocycles. The number of hydrogen-bond acceptors (Lipinski definition) is 1. The predicted molar refractivity (Wildman–Crippen MR) is 79.4 cm³/mol. The van der Waals surface area contributed by atoms with Gasteiger partial charge in [-0.1, -0.05) is 20.8 Å². The van der Waals surface area contributed by atoms with Gasteiger partial charge in [0.1, 0.15) is 0 Å². The maximum atomic E-state index is 3.54. The lowest BCUT2D eigenvalue weighted by Crippen LogP contribution is -2.28. The van der Waals surface area contributed by atoms with Crippen LogP contribution in [0.4, 0.5) is 0 Å². The highest BCUT2D eigenvalue weighted by atomic mass is 14.9. The summed E-state index contributed by atoms with van der Waals surface area (Å²) < 4.78 is 0. The molecule has 18 heavy (non-hydrogen) atoms. The minimum atomic E-state index is 0.260. The zero-order valence-corrected chi connectivity index (χ0v) is 13.2. The third kappa shape index (κ3) is 1.50. The summed E-state index contributed by atoms with van der Waals surface area (Å²) in [5, 5.41) is 3.54. The smallest absolute Gasteiger partial charge is 0.0357 e. The number of benzene rings is 1. The second kappa shape index (κ2) is 4.09. The molecule has 0 saturated carbocycles. The topological polar surface area (TPSA) is 12.0 Å². The van der Waals surface area contributed by atoms with Crippen LogP contribution in [0.1, 0.15) is 60.2 Å². The first kappa shape index (κ1) is 13.6. The molecule has 0 heterocycles. The van der Waals surface area contributed by atoms with Crippen molar-refractivity contribution in [2.24, 2.45) is 5.92 Å². The van der Waals surface area contributed by atoms with E-state index in [0.29, 0.717) is 12.0 Å². The molecule has 1 N–H and O–H groups in total. The molecule has 2 rings (SSSR count). The predicted octanol–water partition coefficient (Wildman–Crippen LogP) is 4.11. The minimum Gasteiger partial charge on any atom is -0.313 e. The first-order valence-electron chi connectivity index (χ1n) is 7.03. The van der Waals surface area contributed by atoms with Crippen LogP contribution in [-0.2, 0) is 5.41 Å². The third-order valence-electron chi connectivity index (χ3n) is 5.64. The molecule has 0 fully saturated rings. The molecule has 1 nitrogen and oxygen atoms in total. The van der Waals surface area contributed by atoms with E-state index in [4.69, 9.17) is 0 Å². The summed E-state index contributed by atoms with van der Waals surface area (Å²) in [5.74, 6) is 0.635. The van der Waals surface area contributed by atoms with E-state index in [0.717, 1.165) is 0 Å². The second-order valence-corrected chi connectivity index (χ2v) is 6.57. The van der Waals surface area contributed by atoms with Crippen molar-refractivity contribution in [3.05, 3.63) is 33.4 Å². The number of fused-ring (bicyclic) bond motifs is 1. The van der Waals surface area contributed by atoms with Gasteiger partial charge in [0.25, 0.3) is 0 Å². The van der Waals surface area contributed by atoms with Crippen molar-refractivity contribution in [2.45, 2.75) is 59.9 Å². The van der Waals surface area contributed by atoms with Crippen LogP contribution in [0.15, 0.2) is 0 Å². The van der Waals surface area contributed by atoms with E-state index in [9.17, 15) is 0 Å². The van der Waals surface area contributed by atoms with Gasteiger partial charge in [0.2, 0.25) is 0 Å². The van der Waals surface area contributed by atoms with E-state index in [1.807, 2.05) is 0 Å². The highest BCUT2D eigenvalue weighted by Gasteiger charge is 2.45. The fraction of sp³-hybridized carbons (Fsp3) is 0.647. The third-order valence-corrected chi connectivity index (χ3v) is 5.64. The van der Waals surface area contributed by atoms with Crippen molar-refractivity contribution in [1.82, 2.24) is 5.32 Å². The molecule has 1 aliphatic rings. The molecule has 0 aromatic heterocycles. The highest BCUT2D eigenvalue weighted by Crippen LogP contribution is 2.52. The van der Waals surface area contributed by atoms with Gasteiger partial charge >= 0.3 is 0 Å². The Balaban J connectivity index is 2.86. The van der Waals surface area contributed by atoms with Gasteiger partial charge in [-0.2, -0.15) is 0 Å². The molecule has 1 heteroatoms. The summed E-state index contributed by atoms with van der Waals surface area (Å²) in [5.41, 5.74) is 9.36. The summed E-state index contributed by atoms with van der Waals surface area (Å²) >= 11 is 0. The van der Waals surface area contributed by atoms with Crippen LogP contribution in [-0.4, -0.2) is 7.05 Å². The molecule has 0 saturated heterocycles. The Labute approximate surface area is 112 Å². The minimum absolute atomic E-state index is 0.260. The van der Waals surface area contributed by atoms with Crippen LogP contribution in [0.3, 0.4) is 0 Å². The first-order chi connectivity index (χ1) is 8.25. The average molecular weight is 245 g/mol. The number of hydrogen-bond donors (Lipinski definition) is 1. The fourth-order valence-corrected chi connectivity index (χ4v) is 3.85. The fourth-order valence-electron chi connectivity index (χ4n) is 3.85. The van der Waals surface area contributed by atoms with Gasteiger partial charge in [-0.3, -0.25) is 0 Å². The molecule has 1 aromatic rings. The van der Waals surface area contributed by atoms with E-state index in [1.54, 1.807) is 11.1 Å². The van der Waals surface area contributed by atoms with Crippen LogP contribution in [0, 0.1) is 33.6 Å². The van der Waals surface area contributed by atoms with E-state index < -0.39 is 0 Å². The largest absolute Gasteiger partial charge is 0.313 e. The molecular weight excluding hydrogens is 218 g/mol. The Kier molecular flexibility index (Phi) is 3.09. The molecule has 1 aromatic carbocycles. The van der Waals surface area contributed by atoms with Gasteiger partial charge in [0.05, 0.1) is 0 Å². The molecule has 0 spiro atoms. The van der Waals surface area contributed by atoms with Crippen molar-refractivity contribution in [3.63, 3.8) is 0 Å². The number of nitrogens with one attached hydrogen (secondary N) is 1. The van der Waals surface area contributed by atoms with Crippen molar-refractivity contribution < 1.29 is 0 Å². The Morgan fingerprint density at radius 2 is 1.39 bits per heavy atom. The molecule has 2 atom stereocenters. The molecule has 100 valence electrons. The normalized spacial score (nSPS) is 25.3. The van der Waals surface area contributed by atoms with Gasteiger partial charge in [-0.25, -0.2) is 0 Å². The van der Waals surface area contributed by atoms with E-state index >= 15 is 0 Å². The summed E-state index contributed by atoms with van der Waals surface area (Å²) in [6.07, 6.45) is 0. The van der Waals surface area contributed by atoms with Crippen LogP contribution in [0.5, 0.6) is 0 Å². The summed E-state index contributed by atoms with van der Waals surface area (Å²) in [6.45, 7) is 16.3. The van der Waals surface area contributed by atoms with Gasteiger partial charge in [-0.15, -0.1) is 0 Å². The van der Waals surface area contributed by atoms with Gasteiger partial charge in [-0.05, 0) is 79.5 Å². The average Bonchev–Trinajstić information content (AvgIpc) is 2.52. The monoisotopic (exact) mass is 245 g/mol. The van der Waals surface area contributed by atoms with Crippen molar-refractivity contribution in [2.75, 3.05) is 7.05 Å². The maximum absolute atomic E-state index is 3.54. The summed E-state index contributed by atoms with van der Waals surface area (Å²) in [6, 6.07) is 0.494. The van der Waals surface area contributed by atoms with Crippen LogP contribution < -0.4 is 5.32 Å². The van der Waals surface area contributed by atoms with Crippen LogP contribution >= 0.6 is 0 Å². The Bertz CT molecular complexity index is 497. The molecule has 1 aliphatic carbocycles. The second-order valence-electron chi connectivity index (χ2n) is 6.57. The van der Waals surface area contributed by atoms with E-state index in [1.165, 1.54) is 22.3 Å². The summed E-state index contributed by atoms with van der Waals surface area (Å²) in [4.78, 5) is 0. The maximum Gasteiger partial charge on any atom is 0.0357 e. The quantitative estimate of drug-likeness (QED) is 0.785. The van der Waals surface area contributed by atoms with Crippen LogP contribution in [0.25, 0.3) is 0 Å². The van der Waals surface area contributed by atoms with Gasteiger partial charge < -0.3 is 5.32 Å². The number of rotatable bonds is 1.